The summed E-state index contributed by atoms with van der Waals surface area (Å²) in [6.45, 7) is 11.4. The molecule has 0 spiro atoms. The average Bonchev–Trinajstić information content (AvgIpc) is 2.88. The van der Waals surface area contributed by atoms with Gasteiger partial charge in [0.1, 0.15) is 5.76 Å². The smallest absolute Gasteiger partial charge is 0.224 e. The maximum atomic E-state index is 12.4. The van der Waals surface area contributed by atoms with Gasteiger partial charge in [0.05, 0.1) is 12.0 Å². The minimum atomic E-state index is -0.0183. The predicted molar refractivity (Wildman–Crippen MR) is 107 cm³/mol. The third kappa shape index (κ3) is 4.12. The van der Waals surface area contributed by atoms with Crippen molar-refractivity contribution in [2.45, 2.75) is 60.3 Å². The molecule has 1 aromatic heterocycles. The molecular weight excluding hydrogens is 324 g/mol. The van der Waals surface area contributed by atoms with Crippen LogP contribution in [0.4, 0.5) is 17.1 Å². The second-order valence-corrected chi connectivity index (χ2v) is 8.58. The van der Waals surface area contributed by atoms with E-state index in [2.05, 4.69) is 63.0 Å². The third-order valence-corrected chi connectivity index (χ3v) is 4.83. The van der Waals surface area contributed by atoms with Crippen LogP contribution in [-0.4, -0.2) is 12.5 Å². The molecule has 1 N–H and O–H groups in total. The molecule has 0 unspecified atom stereocenters. The van der Waals surface area contributed by atoms with Crippen LogP contribution in [0.25, 0.3) is 0 Å². The summed E-state index contributed by atoms with van der Waals surface area (Å²) in [5.74, 6) is 1.14. The Labute approximate surface area is 156 Å². The molecule has 0 radical (unpaired) electrons. The van der Waals surface area contributed by atoms with Crippen LogP contribution in [0.15, 0.2) is 28.9 Å². The number of nitrogens with one attached hydrogen (secondary N) is 1. The summed E-state index contributed by atoms with van der Waals surface area (Å²) < 4.78 is 5.67. The van der Waals surface area contributed by atoms with Crippen molar-refractivity contribution in [1.29, 1.82) is 0 Å². The maximum Gasteiger partial charge on any atom is 0.224 e. The molecule has 140 valence electrons. The van der Waals surface area contributed by atoms with Crippen LogP contribution in [0.5, 0.6) is 0 Å². The van der Waals surface area contributed by atoms with Gasteiger partial charge in [-0.15, -0.1) is 0 Å². The lowest BCUT2D eigenvalue weighted by Crippen LogP contribution is -2.21. The van der Waals surface area contributed by atoms with Crippen molar-refractivity contribution in [2.24, 2.45) is 5.41 Å². The maximum absolute atomic E-state index is 12.4. The number of anilines is 3. The first kappa shape index (κ1) is 18.6. The van der Waals surface area contributed by atoms with Crippen molar-refractivity contribution in [3.05, 3.63) is 41.3 Å². The highest BCUT2D eigenvalue weighted by molar-refractivity contribution is 5.93. The Morgan fingerprint density at radius 1 is 1.19 bits per heavy atom. The van der Waals surface area contributed by atoms with Gasteiger partial charge in [-0.2, -0.15) is 0 Å². The predicted octanol–water partition coefficient (Wildman–Crippen LogP) is 5.75. The van der Waals surface area contributed by atoms with Crippen molar-refractivity contribution in [3.63, 3.8) is 0 Å². The normalized spacial score (nSPS) is 14.7. The molecule has 0 bridgehead atoms. The van der Waals surface area contributed by atoms with E-state index in [4.69, 9.17) is 4.42 Å². The van der Waals surface area contributed by atoms with Gasteiger partial charge in [-0.3, -0.25) is 4.79 Å². The average molecular weight is 354 g/mol. The Morgan fingerprint density at radius 2 is 1.88 bits per heavy atom. The summed E-state index contributed by atoms with van der Waals surface area (Å²) in [6, 6.07) is 6.40. The van der Waals surface area contributed by atoms with Crippen molar-refractivity contribution in [3.8, 4) is 0 Å². The van der Waals surface area contributed by atoms with E-state index in [0.717, 1.165) is 48.4 Å². The van der Waals surface area contributed by atoms with Crippen LogP contribution in [0.3, 0.4) is 0 Å². The summed E-state index contributed by atoms with van der Waals surface area (Å²) in [4.78, 5) is 14.7. The molecule has 2 heterocycles. The van der Waals surface area contributed by atoms with Crippen LogP contribution < -0.4 is 10.2 Å². The van der Waals surface area contributed by atoms with Crippen LogP contribution in [0.2, 0.25) is 0 Å². The zero-order valence-electron chi connectivity index (χ0n) is 16.6. The highest BCUT2D eigenvalue weighted by Gasteiger charge is 2.21. The minimum absolute atomic E-state index is 0.0183. The number of fused-ring (bicyclic) bond motifs is 1. The zero-order chi connectivity index (χ0) is 18.9. The van der Waals surface area contributed by atoms with E-state index in [-0.39, 0.29) is 11.3 Å². The van der Waals surface area contributed by atoms with Gasteiger partial charge < -0.3 is 14.6 Å². The number of amides is 1. The van der Waals surface area contributed by atoms with Gasteiger partial charge in [0.2, 0.25) is 5.91 Å². The molecule has 1 amide bonds. The largest absolute Gasteiger partial charge is 0.467 e. The number of furan rings is 1. The molecule has 26 heavy (non-hydrogen) atoms. The lowest BCUT2D eigenvalue weighted by atomic mass is 9.92. The van der Waals surface area contributed by atoms with E-state index in [9.17, 15) is 4.79 Å². The van der Waals surface area contributed by atoms with E-state index in [1.54, 1.807) is 6.26 Å². The number of nitrogens with zero attached hydrogens (tertiary/aromatic N) is 1. The molecule has 0 aliphatic carbocycles. The standard InChI is InChI=1S/C22H30N2O2/c1-15-12-17(24-10-7-6-8-19-18(24)9-11-26-19)13-16(2)21(15)23-20(25)14-22(3,4)5/h9,11-13H,6-8,10,14H2,1-5H3,(H,23,25). The van der Waals surface area contributed by atoms with Gasteiger partial charge in [-0.1, -0.05) is 20.8 Å². The second-order valence-electron chi connectivity index (χ2n) is 8.58. The van der Waals surface area contributed by atoms with Crippen molar-refractivity contribution >= 4 is 23.0 Å². The highest BCUT2D eigenvalue weighted by atomic mass is 16.3. The number of aryl methyl sites for hydroxylation is 3. The molecule has 2 aromatic rings. The molecule has 0 atom stereocenters. The Bertz CT molecular complexity index is 776. The van der Waals surface area contributed by atoms with E-state index in [1.165, 1.54) is 11.4 Å². The van der Waals surface area contributed by atoms with E-state index < -0.39 is 0 Å². The Hall–Kier alpha value is -2.23. The van der Waals surface area contributed by atoms with E-state index >= 15 is 0 Å². The summed E-state index contributed by atoms with van der Waals surface area (Å²) in [5, 5.41) is 3.12. The molecule has 3 rings (SSSR count). The summed E-state index contributed by atoms with van der Waals surface area (Å²) >= 11 is 0. The van der Waals surface area contributed by atoms with Crippen LogP contribution in [0, 0.1) is 19.3 Å². The molecule has 1 aliphatic heterocycles. The number of carbonyl (C=O) groups is 1. The van der Waals surface area contributed by atoms with Crippen LogP contribution >= 0.6 is 0 Å². The van der Waals surface area contributed by atoms with Gasteiger partial charge in [-0.25, -0.2) is 0 Å². The fourth-order valence-corrected chi connectivity index (χ4v) is 3.66. The fraction of sp³-hybridized carbons (Fsp3) is 0.500. The third-order valence-electron chi connectivity index (χ3n) is 4.83. The lowest BCUT2D eigenvalue weighted by molar-refractivity contribution is -0.117. The van der Waals surface area contributed by atoms with Gasteiger partial charge in [-0.05, 0) is 55.4 Å². The first-order valence-corrected chi connectivity index (χ1v) is 9.49. The second kappa shape index (κ2) is 7.18. The molecule has 4 heteroatoms. The monoisotopic (exact) mass is 354 g/mol. The summed E-state index contributed by atoms with van der Waals surface area (Å²) in [6.07, 6.45) is 5.59. The molecular formula is C22H30N2O2. The summed E-state index contributed by atoms with van der Waals surface area (Å²) in [5.41, 5.74) is 5.44. The van der Waals surface area contributed by atoms with Crippen LogP contribution in [0.1, 0.15) is 56.9 Å². The lowest BCUT2D eigenvalue weighted by Gasteiger charge is -2.25. The van der Waals surface area contributed by atoms with E-state index in [0.29, 0.717) is 6.42 Å². The first-order chi connectivity index (χ1) is 12.2. The Kier molecular flexibility index (Phi) is 5.12. The van der Waals surface area contributed by atoms with Crippen molar-refractivity contribution in [1.82, 2.24) is 0 Å². The van der Waals surface area contributed by atoms with Gasteiger partial charge in [0.25, 0.3) is 0 Å². The number of hydrogen-bond donors (Lipinski definition) is 1. The van der Waals surface area contributed by atoms with Gasteiger partial charge >= 0.3 is 0 Å². The van der Waals surface area contributed by atoms with Gasteiger partial charge in [0.15, 0.2) is 0 Å². The quantitative estimate of drug-likeness (QED) is 0.764. The number of rotatable bonds is 3. The van der Waals surface area contributed by atoms with Crippen LogP contribution in [-0.2, 0) is 11.2 Å². The Morgan fingerprint density at radius 3 is 2.54 bits per heavy atom. The molecule has 4 nitrogen and oxygen atoms in total. The number of hydrogen-bond acceptors (Lipinski definition) is 3. The molecule has 0 saturated heterocycles. The highest BCUT2D eigenvalue weighted by Crippen LogP contribution is 2.36. The summed E-state index contributed by atoms with van der Waals surface area (Å²) in [7, 11) is 0. The fourth-order valence-electron chi connectivity index (χ4n) is 3.66. The first-order valence-electron chi connectivity index (χ1n) is 9.49. The number of carbonyl (C=O) groups excluding carboxylic acids is 1. The topological polar surface area (TPSA) is 45.5 Å². The minimum Gasteiger partial charge on any atom is -0.467 e. The number of benzene rings is 1. The molecule has 0 fully saturated rings. The van der Waals surface area contributed by atoms with E-state index in [1.807, 2.05) is 0 Å². The molecule has 1 aliphatic rings. The SMILES string of the molecule is Cc1cc(N2CCCCc3occc32)cc(C)c1NC(=O)CC(C)(C)C. The molecule has 1 aromatic carbocycles. The van der Waals surface area contributed by atoms with Crippen molar-refractivity contribution in [2.75, 3.05) is 16.8 Å². The molecule has 0 saturated carbocycles. The zero-order valence-corrected chi connectivity index (χ0v) is 16.6. The Balaban J connectivity index is 1.87. The van der Waals surface area contributed by atoms with Gasteiger partial charge in [0, 0.05) is 36.8 Å². The van der Waals surface area contributed by atoms with Crippen molar-refractivity contribution < 1.29 is 9.21 Å².